The summed E-state index contributed by atoms with van der Waals surface area (Å²) in [4.78, 5) is 17.1. The summed E-state index contributed by atoms with van der Waals surface area (Å²) < 4.78 is 11.3. The van der Waals surface area contributed by atoms with Gasteiger partial charge in [-0.05, 0) is 51.4 Å². The summed E-state index contributed by atoms with van der Waals surface area (Å²) in [6.07, 6.45) is 8.52. The van der Waals surface area contributed by atoms with Gasteiger partial charge >= 0.3 is 0 Å². The van der Waals surface area contributed by atoms with Crippen LogP contribution < -0.4 is 0 Å². The minimum atomic E-state index is 0.189. The predicted octanol–water partition coefficient (Wildman–Crippen LogP) is 2.68. The first-order valence-electron chi connectivity index (χ1n) is 10.2. The Labute approximate surface area is 153 Å². The van der Waals surface area contributed by atoms with Crippen LogP contribution in [0.2, 0.25) is 0 Å². The Kier molecular flexibility index (Phi) is 6.39. The predicted molar refractivity (Wildman–Crippen MR) is 98.6 cm³/mol. The number of nitrogens with zero attached hydrogens (tertiary/aromatic N) is 2. The van der Waals surface area contributed by atoms with Crippen molar-refractivity contribution in [3.8, 4) is 0 Å². The second-order valence-electron chi connectivity index (χ2n) is 8.68. The number of piperidine rings is 1. The van der Waals surface area contributed by atoms with Gasteiger partial charge in [0.05, 0.1) is 12.7 Å². The van der Waals surface area contributed by atoms with Crippen molar-refractivity contribution in [2.75, 3.05) is 40.0 Å². The lowest BCUT2D eigenvalue weighted by Crippen LogP contribution is -2.46. The number of likely N-dealkylation sites (tertiary alicyclic amines) is 2. The first-order chi connectivity index (χ1) is 12.0. The van der Waals surface area contributed by atoms with Crippen molar-refractivity contribution in [3.05, 3.63) is 0 Å². The number of carbonyl (C=O) groups excluding carboxylic acids is 1. The highest BCUT2D eigenvalue weighted by Crippen LogP contribution is 2.44. The first-order valence-corrected chi connectivity index (χ1v) is 10.2. The van der Waals surface area contributed by atoms with E-state index in [0.29, 0.717) is 23.6 Å². The standard InChI is InChI=1S/C20H36N2O3/c1-16(2)22-15-20(12-17(22)13-24-3)8-10-21(11-9-20)19(23)14-25-18-6-4-5-7-18/h16-18H,4-15H2,1-3H3/t17-/m0/s1. The van der Waals surface area contributed by atoms with Crippen molar-refractivity contribution < 1.29 is 14.3 Å². The number of rotatable bonds is 6. The molecule has 1 amide bonds. The van der Waals surface area contributed by atoms with Crippen molar-refractivity contribution in [2.24, 2.45) is 5.41 Å². The molecule has 5 nitrogen and oxygen atoms in total. The molecule has 0 aromatic heterocycles. The molecule has 2 heterocycles. The van der Waals surface area contributed by atoms with Crippen LogP contribution >= 0.6 is 0 Å². The van der Waals surface area contributed by atoms with Gasteiger partial charge in [0.1, 0.15) is 6.61 Å². The van der Waals surface area contributed by atoms with Crippen molar-refractivity contribution in [3.63, 3.8) is 0 Å². The van der Waals surface area contributed by atoms with Crippen LogP contribution in [0.3, 0.4) is 0 Å². The maximum atomic E-state index is 12.5. The van der Waals surface area contributed by atoms with Gasteiger partial charge in [0, 0.05) is 38.8 Å². The second-order valence-corrected chi connectivity index (χ2v) is 8.68. The molecule has 1 atom stereocenters. The third-order valence-electron chi connectivity index (χ3n) is 6.60. The molecule has 3 rings (SSSR count). The van der Waals surface area contributed by atoms with Gasteiger partial charge in [0.25, 0.3) is 0 Å². The Morgan fingerprint density at radius 2 is 1.88 bits per heavy atom. The minimum absolute atomic E-state index is 0.189. The molecule has 0 N–H and O–H groups in total. The lowest BCUT2D eigenvalue weighted by atomic mass is 9.76. The Morgan fingerprint density at radius 1 is 1.20 bits per heavy atom. The lowest BCUT2D eigenvalue weighted by molar-refractivity contribution is -0.140. The van der Waals surface area contributed by atoms with Crippen LogP contribution in [0.4, 0.5) is 0 Å². The maximum absolute atomic E-state index is 12.5. The molecule has 3 fully saturated rings. The van der Waals surface area contributed by atoms with Crippen LogP contribution in [0.15, 0.2) is 0 Å². The van der Waals surface area contributed by atoms with E-state index in [-0.39, 0.29) is 12.5 Å². The molecule has 5 heteroatoms. The molecule has 0 unspecified atom stereocenters. The van der Waals surface area contributed by atoms with Crippen molar-refractivity contribution in [1.82, 2.24) is 9.80 Å². The third-order valence-corrected chi connectivity index (χ3v) is 6.60. The normalized spacial score (nSPS) is 27.7. The molecule has 1 spiro atoms. The fourth-order valence-corrected chi connectivity index (χ4v) is 5.08. The summed E-state index contributed by atoms with van der Waals surface area (Å²) in [5.41, 5.74) is 0.372. The lowest BCUT2D eigenvalue weighted by Gasteiger charge is -2.39. The number of ether oxygens (including phenoxy) is 2. The molecule has 3 aliphatic rings. The Bertz CT molecular complexity index is 440. The highest BCUT2D eigenvalue weighted by Gasteiger charge is 2.46. The molecule has 2 saturated heterocycles. The molecular formula is C20H36N2O3. The average Bonchev–Trinajstić information content (AvgIpc) is 3.22. The topological polar surface area (TPSA) is 42.0 Å². The molecule has 2 aliphatic heterocycles. The quantitative estimate of drug-likeness (QED) is 0.737. The van der Waals surface area contributed by atoms with Gasteiger partial charge in [0.2, 0.25) is 5.91 Å². The van der Waals surface area contributed by atoms with Gasteiger partial charge < -0.3 is 14.4 Å². The van der Waals surface area contributed by atoms with Gasteiger partial charge in [-0.3, -0.25) is 9.69 Å². The number of carbonyl (C=O) groups is 1. The van der Waals surface area contributed by atoms with E-state index in [1.807, 2.05) is 4.90 Å². The zero-order valence-electron chi connectivity index (χ0n) is 16.3. The summed E-state index contributed by atoms with van der Waals surface area (Å²) in [7, 11) is 1.80. The molecule has 25 heavy (non-hydrogen) atoms. The maximum Gasteiger partial charge on any atom is 0.248 e. The van der Waals surface area contributed by atoms with Crippen LogP contribution in [-0.4, -0.2) is 73.9 Å². The molecular weight excluding hydrogens is 316 g/mol. The molecule has 1 saturated carbocycles. The largest absolute Gasteiger partial charge is 0.383 e. The fourth-order valence-electron chi connectivity index (χ4n) is 5.08. The number of amides is 1. The van der Waals surface area contributed by atoms with Crippen LogP contribution in [0, 0.1) is 5.41 Å². The monoisotopic (exact) mass is 352 g/mol. The van der Waals surface area contributed by atoms with Crippen LogP contribution in [0.1, 0.15) is 58.8 Å². The van der Waals surface area contributed by atoms with E-state index in [9.17, 15) is 4.79 Å². The average molecular weight is 353 g/mol. The summed E-state index contributed by atoms with van der Waals surface area (Å²) in [6.45, 7) is 8.58. The van der Waals surface area contributed by atoms with E-state index >= 15 is 0 Å². The second kappa shape index (κ2) is 8.36. The van der Waals surface area contributed by atoms with Crippen LogP contribution in [0.25, 0.3) is 0 Å². The summed E-state index contributed by atoms with van der Waals surface area (Å²) in [6, 6.07) is 1.08. The van der Waals surface area contributed by atoms with Crippen molar-refractivity contribution in [1.29, 1.82) is 0 Å². The van der Waals surface area contributed by atoms with E-state index in [1.54, 1.807) is 7.11 Å². The minimum Gasteiger partial charge on any atom is -0.383 e. The van der Waals surface area contributed by atoms with E-state index in [0.717, 1.165) is 51.9 Å². The molecule has 0 aromatic carbocycles. The molecule has 0 bridgehead atoms. The van der Waals surface area contributed by atoms with Gasteiger partial charge in [-0.2, -0.15) is 0 Å². The van der Waals surface area contributed by atoms with E-state index in [4.69, 9.17) is 9.47 Å². The summed E-state index contributed by atoms with van der Waals surface area (Å²) in [5.74, 6) is 0.189. The Balaban J connectivity index is 1.48. The van der Waals surface area contributed by atoms with Gasteiger partial charge in [-0.25, -0.2) is 0 Å². The SMILES string of the molecule is COC[C@@H]1CC2(CCN(C(=O)COC3CCCC3)CC2)CN1C(C)C. The van der Waals surface area contributed by atoms with Crippen LogP contribution in [-0.2, 0) is 14.3 Å². The van der Waals surface area contributed by atoms with Gasteiger partial charge in [-0.1, -0.05) is 12.8 Å². The zero-order chi connectivity index (χ0) is 17.9. The van der Waals surface area contributed by atoms with E-state index in [1.165, 1.54) is 19.3 Å². The molecule has 0 aromatic rings. The molecule has 144 valence electrons. The number of hydrogen-bond acceptors (Lipinski definition) is 4. The molecule has 1 aliphatic carbocycles. The van der Waals surface area contributed by atoms with Crippen molar-refractivity contribution >= 4 is 5.91 Å². The van der Waals surface area contributed by atoms with Gasteiger partial charge in [0.15, 0.2) is 0 Å². The fraction of sp³-hybridized carbons (Fsp3) is 0.950. The van der Waals surface area contributed by atoms with Crippen LogP contribution in [0.5, 0.6) is 0 Å². The number of methoxy groups -OCH3 is 1. The van der Waals surface area contributed by atoms with E-state index < -0.39 is 0 Å². The number of hydrogen-bond donors (Lipinski definition) is 0. The third kappa shape index (κ3) is 4.55. The Hall–Kier alpha value is -0.650. The van der Waals surface area contributed by atoms with Crippen molar-refractivity contribution in [2.45, 2.75) is 77.0 Å². The Morgan fingerprint density at radius 3 is 2.48 bits per heavy atom. The van der Waals surface area contributed by atoms with Gasteiger partial charge in [-0.15, -0.1) is 0 Å². The smallest absolute Gasteiger partial charge is 0.248 e. The highest BCUT2D eigenvalue weighted by molar-refractivity contribution is 5.77. The highest BCUT2D eigenvalue weighted by atomic mass is 16.5. The zero-order valence-corrected chi connectivity index (χ0v) is 16.3. The summed E-state index contributed by atoms with van der Waals surface area (Å²) >= 11 is 0. The summed E-state index contributed by atoms with van der Waals surface area (Å²) in [5, 5.41) is 0. The first kappa shape index (κ1) is 19.1. The van der Waals surface area contributed by atoms with E-state index in [2.05, 4.69) is 18.7 Å². The molecule has 0 radical (unpaired) electrons.